The molecule has 0 fully saturated rings. The second-order valence-corrected chi connectivity index (χ2v) is 14.8. The quantitative estimate of drug-likeness (QED) is 0.177. The molecule has 3 aromatic heterocycles. The lowest BCUT2D eigenvalue weighted by molar-refractivity contribution is 1.06. The van der Waals surface area contributed by atoms with Crippen LogP contribution in [-0.2, 0) is 0 Å². The molecule has 58 heavy (non-hydrogen) atoms. The topological polar surface area (TPSA) is 48.5 Å². The number of para-hydroxylation sites is 3. The van der Waals surface area contributed by atoms with Crippen LogP contribution < -0.4 is 0 Å². The molecule has 0 atom stereocenters. The van der Waals surface area contributed by atoms with Gasteiger partial charge in [-0.1, -0.05) is 146 Å². The Morgan fingerprint density at radius 2 is 0.897 bits per heavy atom. The standard InChI is InChI=1S/C53H33N5/c1-3-16-35(17-4-1)51-54-52(36-18-5-2-6-19-36)56-53(55-51)43-23-11-14-26-47(43)58-45-24-12-9-21-41(45)44-32-38-31-39(29-27-37(38)33-49(44)58)57-46-25-13-10-22-42(46)50-40-20-8-7-15-34(40)28-30-48(50)57/h1-33H. The molecular formula is C53H33N5. The van der Waals surface area contributed by atoms with E-state index in [0.717, 1.165) is 39.1 Å². The van der Waals surface area contributed by atoms with Gasteiger partial charge in [0.25, 0.3) is 0 Å². The fourth-order valence-corrected chi connectivity index (χ4v) is 8.90. The first kappa shape index (κ1) is 32.4. The van der Waals surface area contributed by atoms with E-state index < -0.39 is 0 Å². The second-order valence-electron chi connectivity index (χ2n) is 14.8. The number of hydrogen-bond donors (Lipinski definition) is 0. The molecule has 3 heterocycles. The summed E-state index contributed by atoms with van der Waals surface area (Å²) in [6.45, 7) is 0. The summed E-state index contributed by atoms with van der Waals surface area (Å²) < 4.78 is 4.79. The zero-order valence-electron chi connectivity index (χ0n) is 31.3. The van der Waals surface area contributed by atoms with Crippen LogP contribution in [0.3, 0.4) is 0 Å². The summed E-state index contributed by atoms with van der Waals surface area (Å²) in [7, 11) is 0. The van der Waals surface area contributed by atoms with Crippen LogP contribution >= 0.6 is 0 Å². The minimum atomic E-state index is 0.624. The highest BCUT2D eigenvalue weighted by molar-refractivity contribution is 6.21. The molecule has 0 bridgehead atoms. The third kappa shape index (κ3) is 5.00. The predicted octanol–water partition coefficient (Wildman–Crippen LogP) is 13.4. The maximum Gasteiger partial charge on any atom is 0.166 e. The zero-order chi connectivity index (χ0) is 38.2. The smallest absolute Gasteiger partial charge is 0.166 e. The highest BCUT2D eigenvalue weighted by Crippen LogP contribution is 2.40. The lowest BCUT2D eigenvalue weighted by Crippen LogP contribution is -2.03. The predicted molar refractivity (Wildman–Crippen MR) is 240 cm³/mol. The Labute approximate surface area is 333 Å². The molecule has 0 unspecified atom stereocenters. The van der Waals surface area contributed by atoms with E-state index in [2.05, 4.69) is 149 Å². The average molecular weight is 740 g/mol. The van der Waals surface area contributed by atoms with E-state index in [1.807, 2.05) is 60.7 Å². The Balaban J connectivity index is 1.07. The van der Waals surface area contributed by atoms with E-state index in [9.17, 15) is 0 Å². The Bertz CT molecular complexity index is 3510. The van der Waals surface area contributed by atoms with Crippen molar-refractivity contribution in [1.82, 2.24) is 24.1 Å². The number of benzene rings is 9. The van der Waals surface area contributed by atoms with Gasteiger partial charge in [-0.15, -0.1) is 0 Å². The lowest BCUT2D eigenvalue weighted by Gasteiger charge is -2.15. The minimum Gasteiger partial charge on any atom is -0.309 e. The van der Waals surface area contributed by atoms with Crippen LogP contribution in [0.15, 0.2) is 200 Å². The fourth-order valence-electron chi connectivity index (χ4n) is 8.90. The first-order chi connectivity index (χ1) is 28.8. The van der Waals surface area contributed by atoms with Crippen molar-refractivity contribution >= 4 is 65.2 Å². The van der Waals surface area contributed by atoms with Gasteiger partial charge >= 0.3 is 0 Å². The van der Waals surface area contributed by atoms with Gasteiger partial charge in [0, 0.05) is 43.9 Å². The Morgan fingerprint density at radius 1 is 0.310 bits per heavy atom. The molecule has 0 saturated heterocycles. The van der Waals surface area contributed by atoms with Gasteiger partial charge in [-0.25, -0.2) is 15.0 Å². The van der Waals surface area contributed by atoms with Gasteiger partial charge in [0.1, 0.15) is 0 Å². The SMILES string of the molecule is c1ccc(-c2nc(-c3ccccc3)nc(-c3ccccc3-n3c4ccccc4c4cc5cc(-n6c7ccccc7c7c8ccccc8ccc76)ccc5cc43)n2)cc1. The summed E-state index contributed by atoms with van der Waals surface area (Å²) in [5.41, 5.74) is 9.61. The monoisotopic (exact) mass is 739 g/mol. The Kier molecular flexibility index (Phi) is 7.16. The van der Waals surface area contributed by atoms with Crippen molar-refractivity contribution in [2.45, 2.75) is 0 Å². The van der Waals surface area contributed by atoms with Crippen LogP contribution in [0.2, 0.25) is 0 Å². The maximum absolute atomic E-state index is 5.14. The van der Waals surface area contributed by atoms with E-state index in [1.54, 1.807) is 0 Å². The van der Waals surface area contributed by atoms with Gasteiger partial charge in [-0.3, -0.25) is 0 Å². The summed E-state index contributed by atoms with van der Waals surface area (Å²) in [5, 5.41) is 9.80. The highest BCUT2D eigenvalue weighted by atomic mass is 15.1. The van der Waals surface area contributed by atoms with Crippen LogP contribution in [0.4, 0.5) is 0 Å². The van der Waals surface area contributed by atoms with Crippen LogP contribution in [0.1, 0.15) is 0 Å². The van der Waals surface area contributed by atoms with Gasteiger partial charge in [-0.05, 0) is 76.1 Å². The molecule has 0 aliphatic rings. The van der Waals surface area contributed by atoms with Crippen molar-refractivity contribution in [1.29, 1.82) is 0 Å². The van der Waals surface area contributed by atoms with Crippen LogP contribution in [0.5, 0.6) is 0 Å². The summed E-state index contributed by atoms with van der Waals surface area (Å²) in [6.07, 6.45) is 0. The Hall–Kier alpha value is -7.89. The summed E-state index contributed by atoms with van der Waals surface area (Å²) in [6, 6.07) is 71.0. The van der Waals surface area contributed by atoms with Gasteiger partial charge in [-0.2, -0.15) is 0 Å². The second kappa shape index (κ2) is 12.8. The molecule has 5 heteroatoms. The van der Waals surface area contributed by atoms with Gasteiger partial charge in [0.2, 0.25) is 0 Å². The molecule has 9 aromatic carbocycles. The van der Waals surface area contributed by atoms with E-state index in [1.165, 1.54) is 54.1 Å². The summed E-state index contributed by atoms with van der Waals surface area (Å²) in [5.74, 6) is 1.90. The largest absolute Gasteiger partial charge is 0.309 e. The first-order valence-electron chi connectivity index (χ1n) is 19.6. The van der Waals surface area contributed by atoms with Crippen molar-refractivity contribution in [3.63, 3.8) is 0 Å². The van der Waals surface area contributed by atoms with Crippen molar-refractivity contribution in [2.24, 2.45) is 0 Å². The molecule has 0 aliphatic carbocycles. The van der Waals surface area contributed by atoms with Crippen molar-refractivity contribution < 1.29 is 0 Å². The Morgan fingerprint density at radius 3 is 1.66 bits per heavy atom. The minimum absolute atomic E-state index is 0.624. The molecular weight excluding hydrogens is 707 g/mol. The van der Waals surface area contributed by atoms with Gasteiger partial charge in [0.05, 0.1) is 27.8 Å². The molecule has 0 N–H and O–H groups in total. The molecule has 0 spiro atoms. The van der Waals surface area contributed by atoms with Crippen LogP contribution in [-0.4, -0.2) is 24.1 Å². The summed E-state index contributed by atoms with van der Waals surface area (Å²) >= 11 is 0. The number of nitrogens with zero attached hydrogens (tertiary/aromatic N) is 5. The number of aromatic nitrogens is 5. The van der Waals surface area contributed by atoms with Gasteiger partial charge in [0.15, 0.2) is 17.5 Å². The van der Waals surface area contributed by atoms with Gasteiger partial charge < -0.3 is 9.13 Å². The fraction of sp³-hybridized carbons (Fsp3) is 0. The third-order valence-corrected chi connectivity index (χ3v) is 11.5. The third-order valence-electron chi connectivity index (χ3n) is 11.5. The number of fused-ring (bicyclic) bond motifs is 9. The van der Waals surface area contributed by atoms with E-state index in [-0.39, 0.29) is 0 Å². The normalized spacial score (nSPS) is 11.8. The number of rotatable bonds is 5. The molecule has 270 valence electrons. The lowest BCUT2D eigenvalue weighted by atomic mass is 10.0. The summed E-state index contributed by atoms with van der Waals surface area (Å²) in [4.78, 5) is 15.2. The van der Waals surface area contributed by atoms with E-state index in [0.29, 0.717) is 17.5 Å². The maximum atomic E-state index is 5.14. The van der Waals surface area contributed by atoms with E-state index in [4.69, 9.17) is 15.0 Å². The van der Waals surface area contributed by atoms with E-state index >= 15 is 0 Å². The van der Waals surface area contributed by atoms with Crippen molar-refractivity contribution in [3.05, 3.63) is 200 Å². The molecule has 0 aliphatic heterocycles. The van der Waals surface area contributed by atoms with Crippen LogP contribution in [0.25, 0.3) is 111 Å². The first-order valence-corrected chi connectivity index (χ1v) is 19.6. The molecule has 5 nitrogen and oxygen atoms in total. The zero-order valence-corrected chi connectivity index (χ0v) is 31.3. The average Bonchev–Trinajstić information content (AvgIpc) is 3.81. The number of hydrogen-bond acceptors (Lipinski definition) is 3. The molecule has 0 amide bonds. The highest BCUT2D eigenvalue weighted by Gasteiger charge is 2.20. The molecule has 0 radical (unpaired) electrons. The van der Waals surface area contributed by atoms with Crippen molar-refractivity contribution in [2.75, 3.05) is 0 Å². The molecule has 12 rings (SSSR count). The van der Waals surface area contributed by atoms with Crippen molar-refractivity contribution in [3.8, 4) is 45.5 Å². The molecule has 0 saturated carbocycles. The molecule has 12 aromatic rings. The van der Waals surface area contributed by atoms with Crippen LogP contribution in [0, 0.1) is 0 Å².